The number of benzene rings is 1. The standard InChI is InChI=1S/C12H14N2S.C6H11NO.C6H12O.C2H7N/c1-9-12(15-8-14-9)11-5-3-10(4-6-11)7-13-2;1-7-4-2-3-6(7)5-8;1-6(2,3)4-5-7;1-3-2/h3-6,8,13H,7H2,1-2H3;5-6H,2-4H2,1H3;5H,4H2,1-3H3;3H,1-2H3. The highest BCUT2D eigenvalue weighted by Crippen LogP contribution is 2.27. The third kappa shape index (κ3) is 14.0. The number of aromatic nitrogens is 1. The van der Waals surface area contributed by atoms with Crippen molar-refractivity contribution in [2.45, 2.75) is 59.5 Å². The molecule has 1 aromatic heterocycles. The highest BCUT2D eigenvalue weighted by atomic mass is 32.1. The van der Waals surface area contributed by atoms with E-state index in [1.54, 1.807) is 11.3 Å². The minimum absolute atomic E-state index is 0.182. The van der Waals surface area contributed by atoms with Gasteiger partial charge in [-0.05, 0) is 71.0 Å². The number of aryl methyl sites for hydroxylation is 1. The lowest BCUT2D eigenvalue weighted by Crippen LogP contribution is -2.25. The van der Waals surface area contributed by atoms with Gasteiger partial charge in [0, 0.05) is 13.0 Å². The van der Waals surface area contributed by atoms with Crippen LogP contribution in [0.15, 0.2) is 29.8 Å². The number of aldehydes is 2. The number of likely N-dealkylation sites (N-methyl/N-ethyl adjacent to an activating group) is 1. The summed E-state index contributed by atoms with van der Waals surface area (Å²) in [5.41, 5.74) is 5.76. The Balaban J connectivity index is 0.000000482. The molecule has 7 heteroatoms. The monoisotopic (exact) mass is 476 g/mol. The van der Waals surface area contributed by atoms with Gasteiger partial charge in [0.1, 0.15) is 12.6 Å². The van der Waals surface area contributed by atoms with Crippen molar-refractivity contribution in [1.29, 1.82) is 0 Å². The topological polar surface area (TPSA) is 74.3 Å². The Labute approximate surface area is 205 Å². The molecule has 1 atom stereocenters. The van der Waals surface area contributed by atoms with Crippen LogP contribution in [0.3, 0.4) is 0 Å². The van der Waals surface area contributed by atoms with Crippen LogP contribution < -0.4 is 10.6 Å². The van der Waals surface area contributed by atoms with Gasteiger partial charge in [-0.1, -0.05) is 45.0 Å². The van der Waals surface area contributed by atoms with Crippen LogP contribution in [0.5, 0.6) is 0 Å². The van der Waals surface area contributed by atoms with E-state index in [0.29, 0.717) is 6.42 Å². The fourth-order valence-corrected chi connectivity index (χ4v) is 3.73. The van der Waals surface area contributed by atoms with Gasteiger partial charge < -0.3 is 20.2 Å². The van der Waals surface area contributed by atoms with Gasteiger partial charge in [0.15, 0.2) is 0 Å². The van der Waals surface area contributed by atoms with Crippen molar-refractivity contribution in [3.63, 3.8) is 0 Å². The van der Waals surface area contributed by atoms with Crippen LogP contribution in [0.1, 0.15) is 51.3 Å². The zero-order chi connectivity index (χ0) is 25.3. The minimum atomic E-state index is 0.182. The fourth-order valence-electron chi connectivity index (χ4n) is 2.92. The number of nitrogens with zero attached hydrogens (tertiary/aromatic N) is 2. The van der Waals surface area contributed by atoms with Crippen LogP contribution in [0.4, 0.5) is 0 Å². The zero-order valence-electron chi connectivity index (χ0n) is 21.8. The van der Waals surface area contributed by atoms with E-state index in [-0.39, 0.29) is 11.5 Å². The first-order chi connectivity index (χ1) is 15.6. The molecule has 1 aromatic carbocycles. The summed E-state index contributed by atoms with van der Waals surface area (Å²) in [7, 11) is 7.70. The Kier molecular flexibility index (Phi) is 16.5. The van der Waals surface area contributed by atoms with Crippen LogP contribution in [-0.4, -0.2) is 63.2 Å². The molecule has 186 valence electrons. The minimum Gasteiger partial charge on any atom is -0.323 e. The van der Waals surface area contributed by atoms with Gasteiger partial charge in [0.2, 0.25) is 0 Å². The predicted octanol–water partition coefficient (Wildman–Crippen LogP) is 4.57. The number of thiazole rings is 1. The van der Waals surface area contributed by atoms with Gasteiger partial charge in [0.25, 0.3) is 0 Å². The molecule has 3 rings (SSSR count). The normalized spacial score (nSPS) is 15.2. The first-order valence-corrected chi connectivity index (χ1v) is 12.3. The molecule has 1 saturated heterocycles. The summed E-state index contributed by atoms with van der Waals surface area (Å²) in [6.45, 7) is 10.2. The van der Waals surface area contributed by atoms with E-state index in [9.17, 15) is 9.59 Å². The maximum atomic E-state index is 10.2. The second kappa shape index (κ2) is 17.5. The van der Waals surface area contributed by atoms with E-state index >= 15 is 0 Å². The molecule has 0 aliphatic carbocycles. The third-order valence-electron chi connectivity index (χ3n) is 4.77. The van der Waals surface area contributed by atoms with Gasteiger partial charge in [-0.2, -0.15) is 0 Å². The lowest BCUT2D eigenvalue weighted by Gasteiger charge is -2.11. The van der Waals surface area contributed by atoms with Crippen molar-refractivity contribution in [3.05, 3.63) is 41.0 Å². The molecule has 1 aliphatic rings. The molecule has 2 N–H and O–H groups in total. The van der Waals surface area contributed by atoms with Gasteiger partial charge in [-0.25, -0.2) is 4.98 Å². The Morgan fingerprint density at radius 1 is 1.15 bits per heavy atom. The third-order valence-corrected chi connectivity index (χ3v) is 5.75. The fraction of sp³-hybridized carbons (Fsp3) is 0.577. The van der Waals surface area contributed by atoms with E-state index in [1.807, 2.05) is 61.4 Å². The smallest absolute Gasteiger partial charge is 0.137 e. The Morgan fingerprint density at radius 3 is 2.06 bits per heavy atom. The summed E-state index contributed by atoms with van der Waals surface area (Å²) in [6.07, 6.45) is 4.89. The first kappa shape index (κ1) is 31.1. The predicted molar refractivity (Wildman–Crippen MR) is 142 cm³/mol. The number of hydrogen-bond donors (Lipinski definition) is 2. The van der Waals surface area contributed by atoms with Crippen molar-refractivity contribution in [2.75, 3.05) is 34.7 Å². The Hall–Kier alpha value is -1.93. The molecule has 0 amide bonds. The molecule has 1 unspecified atom stereocenters. The molecule has 0 spiro atoms. The van der Waals surface area contributed by atoms with Crippen molar-refractivity contribution in [2.24, 2.45) is 5.41 Å². The molecule has 1 fully saturated rings. The summed E-state index contributed by atoms with van der Waals surface area (Å²) >= 11 is 1.70. The Bertz CT molecular complexity index is 769. The number of carbonyl (C=O) groups is 2. The molecule has 2 aromatic rings. The van der Waals surface area contributed by atoms with Crippen molar-refractivity contribution in [1.82, 2.24) is 20.5 Å². The average molecular weight is 477 g/mol. The molecule has 2 heterocycles. The lowest BCUT2D eigenvalue weighted by atomic mass is 9.93. The maximum Gasteiger partial charge on any atom is 0.137 e. The SMILES string of the molecule is CC(C)(C)CC=O.CN1CCCC1C=O.CNC.CNCc1ccc(-c2scnc2C)cc1. The molecule has 0 radical (unpaired) electrons. The van der Waals surface area contributed by atoms with Crippen LogP contribution >= 0.6 is 11.3 Å². The number of carbonyl (C=O) groups excluding carboxylic acids is 2. The maximum absolute atomic E-state index is 10.2. The quantitative estimate of drug-likeness (QED) is 0.616. The number of rotatable bonds is 5. The second-order valence-corrected chi connectivity index (χ2v) is 10.1. The molecule has 0 bridgehead atoms. The molecule has 0 saturated carbocycles. The molecular weight excluding hydrogens is 432 g/mol. The molecule has 33 heavy (non-hydrogen) atoms. The van der Waals surface area contributed by atoms with Gasteiger partial charge in [-0.15, -0.1) is 11.3 Å². The highest BCUT2D eigenvalue weighted by molar-refractivity contribution is 7.13. The van der Waals surface area contributed by atoms with Crippen LogP contribution in [0, 0.1) is 12.3 Å². The summed E-state index contributed by atoms with van der Waals surface area (Å²) in [5.74, 6) is 0. The first-order valence-electron chi connectivity index (χ1n) is 11.4. The van der Waals surface area contributed by atoms with E-state index in [0.717, 1.165) is 37.8 Å². The molecular formula is C26H44N4O2S. The zero-order valence-corrected chi connectivity index (χ0v) is 22.6. The van der Waals surface area contributed by atoms with E-state index in [2.05, 4.69) is 44.8 Å². The van der Waals surface area contributed by atoms with Crippen molar-refractivity contribution >= 4 is 23.9 Å². The van der Waals surface area contributed by atoms with Gasteiger partial charge in [-0.3, -0.25) is 4.90 Å². The number of nitrogens with one attached hydrogen (secondary N) is 2. The summed E-state index contributed by atoms with van der Waals surface area (Å²) in [5, 5.41) is 5.89. The summed E-state index contributed by atoms with van der Waals surface area (Å²) in [4.78, 5) is 27.6. The van der Waals surface area contributed by atoms with Crippen LogP contribution in [-0.2, 0) is 16.1 Å². The second-order valence-electron chi connectivity index (χ2n) is 9.25. The molecule has 6 nitrogen and oxygen atoms in total. The average Bonchev–Trinajstić information content (AvgIpc) is 3.37. The Morgan fingerprint density at radius 2 is 1.76 bits per heavy atom. The van der Waals surface area contributed by atoms with E-state index in [4.69, 9.17) is 0 Å². The van der Waals surface area contributed by atoms with Gasteiger partial charge >= 0.3 is 0 Å². The number of likely N-dealkylation sites (tertiary alicyclic amines) is 1. The van der Waals surface area contributed by atoms with Gasteiger partial charge in [0.05, 0.1) is 22.1 Å². The van der Waals surface area contributed by atoms with E-state index < -0.39 is 0 Å². The van der Waals surface area contributed by atoms with Crippen LogP contribution in [0.25, 0.3) is 10.4 Å². The summed E-state index contributed by atoms with van der Waals surface area (Å²) < 4.78 is 0. The van der Waals surface area contributed by atoms with Crippen molar-refractivity contribution in [3.8, 4) is 10.4 Å². The van der Waals surface area contributed by atoms with E-state index in [1.165, 1.54) is 22.4 Å². The van der Waals surface area contributed by atoms with Crippen LogP contribution in [0.2, 0.25) is 0 Å². The lowest BCUT2D eigenvalue weighted by molar-refractivity contribution is -0.111. The number of hydrogen-bond acceptors (Lipinski definition) is 7. The molecule has 1 aliphatic heterocycles. The van der Waals surface area contributed by atoms with Crippen molar-refractivity contribution < 1.29 is 9.59 Å². The largest absolute Gasteiger partial charge is 0.323 e. The highest BCUT2D eigenvalue weighted by Gasteiger charge is 2.18. The summed E-state index contributed by atoms with van der Waals surface area (Å²) in [6, 6.07) is 8.85.